The highest BCUT2D eigenvalue weighted by Crippen LogP contribution is 2.32. The Bertz CT molecular complexity index is 831. The molecule has 0 atom stereocenters. The lowest BCUT2D eigenvalue weighted by Gasteiger charge is -2.23. The minimum absolute atomic E-state index is 0.0998. The van der Waals surface area contributed by atoms with Gasteiger partial charge in [-0.05, 0) is 36.4 Å². The van der Waals surface area contributed by atoms with Crippen molar-refractivity contribution >= 4 is 15.7 Å². The molecule has 2 aromatic carbocycles. The minimum atomic E-state index is -3.81. The first-order valence-corrected chi connectivity index (χ1v) is 8.91. The second kappa shape index (κ2) is 7.94. The van der Waals surface area contributed by atoms with Crippen LogP contribution in [0.25, 0.3) is 0 Å². The first-order chi connectivity index (χ1) is 12.0. The van der Waals surface area contributed by atoms with Crippen LogP contribution in [0.5, 0.6) is 17.2 Å². The van der Waals surface area contributed by atoms with Crippen molar-refractivity contribution in [2.24, 2.45) is 0 Å². The molecule has 0 spiro atoms. The van der Waals surface area contributed by atoms with E-state index < -0.39 is 10.0 Å². The molecule has 0 radical (unpaired) electrons. The van der Waals surface area contributed by atoms with E-state index in [1.54, 1.807) is 37.4 Å². The lowest BCUT2D eigenvalue weighted by Crippen LogP contribution is -2.31. The van der Waals surface area contributed by atoms with E-state index in [0.29, 0.717) is 22.9 Å². The van der Waals surface area contributed by atoms with E-state index in [9.17, 15) is 8.42 Å². The van der Waals surface area contributed by atoms with Gasteiger partial charge in [0.25, 0.3) is 10.0 Å². The molecule has 0 aliphatic carbocycles. The Hall–Kier alpha value is -2.67. The Morgan fingerprint density at radius 3 is 2.12 bits per heavy atom. The third-order valence-electron chi connectivity index (χ3n) is 3.60. The van der Waals surface area contributed by atoms with E-state index in [1.807, 2.05) is 0 Å². The highest BCUT2D eigenvalue weighted by Gasteiger charge is 2.25. The third-order valence-corrected chi connectivity index (χ3v) is 5.39. The number of ether oxygens (including phenoxy) is 3. The molecule has 0 heterocycles. The predicted molar refractivity (Wildman–Crippen MR) is 97.3 cm³/mol. The van der Waals surface area contributed by atoms with Crippen LogP contribution in [0.1, 0.15) is 0 Å². The normalized spacial score (nSPS) is 10.8. The van der Waals surface area contributed by atoms with Crippen molar-refractivity contribution in [3.05, 3.63) is 55.1 Å². The second-order valence-electron chi connectivity index (χ2n) is 5.04. The van der Waals surface area contributed by atoms with Crippen molar-refractivity contribution in [1.29, 1.82) is 0 Å². The zero-order valence-electron chi connectivity index (χ0n) is 14.4. The molecular weight excluding hydrogens is 342 g/mol. The number of rotatable bonds is 8. The summed E-state index contributed by atoms with van der Waals surface area (Å²) < 4.78 is 42.9. The number of nitrogens with zero attached hydrogens (tertiary/aromatic N) is 1. The lowest BCUT2D eigenvalue weighted by molar-refractivity contribution is 0.354. The summed E-state index contributed by atoms with van der Waals surface area (Å²) in [6.07, 6.45) is 1.53. The molecule has 6 nitrogen and oxygen atoms in total. The molecule has 0 aromatic heterocycles. The van der Waals surface area contributed by atoms with Gasteiger partial charge in [0.1, 0.15) is 5.75 Å². The van der Waals surface area contributed by atoms with Crippen LogP contribution in [0, 0.1) is 0 Å². The lowest BCUT2D eigenvalue weighted by atomic mass is 10.3. The van der Waals surface area contributed by atoms with Gasteiger partial charge in [0.2, 0.25) is 0 Å². The number of methoxy groups -OCH3 is 3. The van der Waals surface area contributed by atoms with Gasteiger partial charge in [0, 0.05) is 6.07 Å². The summed E-state index contributed by atoms with van der Waals surface area (Å²) in [4.78, 5) is 0.0998. The van der Waals surface area contributed by atoms with Gasteiger partial charge in [-0.3, -0.25) is 4.31 Å². The van der Waals surface area contributed by atoms with Crippen LogP contribution in [0.2, 0.25) is 0 Å². The zero-order valence-corrected chi connectivity index (χ0v) is 15.2. The zero-order chi connectivity index (χ0) is 18.4. The van der Waals surface area contributed by atoms with E-state index in [1.165, 1.54) is 36.7 Å². The maximum atomic E-state index is 13.1. The van der Waals surface area contributed by atoms with E-state index in [4.69, 9.17) is 14.2 Å². The van der Waals surface area contributed by atoms with Gasteiger partial charge in [-0.15, -0.1) is 6.58 Å². The van der Waals surface area contributed by atoms with Crippen LogP contribution in [0.4, 0.5) is 5.69 Å². The first kappa shape index (κ1) is 18.7. The predicted octanol–water partition coefficient (Wildman–Crippen LogP) is 3.09. The third kappa shape index (κ3) is 3.88. The Labute approximate surface area is 148 Å². The molecule has 2 aromatic rings. The smallest absolute Gasteiger partial charge is 0.264 e. The van der Waals surface area contributed by atoms with Gasteiger partial charge < -0.3 is 14.2 Å². The average Bonchev–Trinajstić information content (AvgIpc) is 2.65. The van der Waals surface area contributed by atoms with Crippen LogP contribution in [0.15, 0.2) is 60.0 Å². The topological polar surface area (TPSA) is 65.1 Å². The average molecular weight is 363 g/mol. The summed E-state index contributed by atoms with van der Waals surface area (Å²) >= 11 is 0. The molecule has 2 rings (SSSR count). The molecule has 0 aliphatic rings. The van der Waals surface area contributed by atoms with Gasteiger partial charge in [0.05, 0.1) is 38.5 Å². The molecular formula is C18H21NO5S. The molecule has 0 N–H and O–H groups in total. The standard InChI is InChI=1S/C18H21NO5S/c1-5-12-19(14-6-8-15(22-2)9-7-14)25(20,21)16-10-11-17(23-3)18(13-16)24-4/h5-11,13H,1,12H2,2-4H3. The molecule has 0 saturated carbocycles. The fourth-order valence-corrected chi connectivity index (χ4v) is 3.76. The van der Waals surface area contributed by atoms with E-state index in [-0.39, 0.29) is 11.4 Å². The molecule has 7 heteroatoms. The van der Waals surface area contributed by atoms with Crippen LogP contribution < -0.4 is 18.5 Å². The molecule has 0 unspecified atom stereocenters. The van der Waals surface area contributed by atoms with E-state index >= 15 is 0 Å². The maximum Gasteiger partial charge on any atom is 0.264 e. The van der Waals surface area contributed by atoms with E-state index in [2.05, 4.69) is 6.58 Å². The van der Waals surface area contributed by atoms with Crippen molar-refractivity contribution in [3.8, 4) is 17.2 Å². The van der Waals surface area contributed by atoms with Crippen molar-refractivity contribution in [2.75, 3.05) is 32.2 Å². The number of benzene rings is 2. The number of sulfonamides is 1. The summed E-state index contributed by atoms with van der Waals surface area (Å²) in [5.74, 6) is 1.45. The van der Waals surface area contributed by atoms with Gasteiger partial charge in [0.15, 0.2) is 11.5 Å². The Morgan fingerprint density at radius 1 is 0.960 bits per heavy atom. The number of hydrogen-bond donors (Lipinski definition) is 0. The van der Waals surface area contributed by atoms with Crippen LogP contribution in [-0.2, 0) is 10.0 Å². The van der Waals surface area contributed by atoms with Gasteiger partial charge in [-0.2, -0.15) is 0 Å². The number of anilines is 1. The second-order valence-corrected chi connectivity index (χ2v) is 6.90. The fraction of sp³-hybridized carbons (Fsp3) is 0.222. The highest BCUT2D eigenvalue weighted by atomic mass is 32.2. The van der Waals surface area contributed by atoms with Crippen molar-refractivity contribution in [1.82, 2.24) is 0 Å². The SMILES string of the molecule is C=CCN(c1ccc(OC)cc1)S(=O)(=O)c1ccc(OC)c(OC)c1. The molecule has 0 amide bonds. The Morgan fingerprint density at radius 2 is 1.60 bits per heavy atom. The summed E-state index contributed by atoms with van der Waals surface area (Å²) in [5, 5.41) is 0. The molecule has 0 fully saturated rings. The van der Waals surface area contributed by atoms with Crippen LogP contribution in [0.3, 0.4) is 0 Å². The monoisotopic (exact) mass is 363 g/mol. The quantitative estimate of drug-likeness (QED) is 0.674. The molecule has 25 heavy (non-hydrogen) atoms. The molecule has 134 valence electrons. The fourth-order valence-electron chi connectivity index (χ4n) is 2.31. The maximum absolute atomic E-state index is 13.1. The largest absolute Gasteiger partial charge is 0.497 e. The Kier molecular flexibility index (Phi) is 5.93. The molecule has 0 bridgehead atoms. The Balaban J connectivity index is 2.50. The van der Waals surface area contributed by atoms with E-state index in [0.717, 1.165) is 0 Å². The van der Waals surface area contributed by atoms with Crippen LogP contribution in [-0.4, -0.2) is 36.3 Å². The molecule has 0 saturated heterocycles. The van der Waals surface area contributed by atoms with Gasteiger partial charge in [-0.25, -0.2) is 8.42 Å². The molecule has 0 aliphatic heterocycles. The van der Waals surface area contributed by atoms with Crippen LogP contribution >= 0.6 is 0 Å². The summed E-state index contributed by atoms with van der Waals surface area (Å²) in [7, 11) is 0.696. The van der Waals surface area contributed by atoms with Crippen molar-refractivity contribution < 1.29 is 22.6 Å². The van der Waals surface area contributed by atoms with Gasteiger partial charge >= 0.3 is 0 Å². The van der Waals surface area contributed by atoms with Crippen molar-refractivity contribution in [2.45, 2.75) is 4.90 Å². The minimum Gasteiger partial charge on any atom is -0.497 e. The summed E-state index contributed by atoms with van der Waals surface area (Å²) in [5.41, 5.74) is 0.510. The first-order valence-electron chi connectivity index (χ1n) is 7.47. The summed E-state index contributed by atoms with van der Waals surface area (Å²) in [6.45, 7) is 3.78. The summed E-state index contributed by atoms with van der Waals surface area (Å²) in [6, 6.07) is 11.3. The van der Waals surface area contributed by atoms with Gasteiger partial charge in [-0.1, -0.05) is 6.08 Å². The number of hydrogen-bond acceptors (Lipinski definition) is 5. The van der Waals surface area contributed by atoms with Crippen molar-refractivity contribution in [3.63, 3.8) is 0 Å². The highest BCUT2D eigenvalue weighted by molar-refractivity contribution is 7.92.